The summed E-state index contributed by atoms with van der Waals surface area (Å²) >= 11 is 1.70. The SMILES string of the molecule is Cc1nc2c(s1)CC1(CCN(C(=O)OC(C)(C)C)CC1)/C2=N/S(=O)C(C)(C)C. The molecule has 1 aromatic rings. The maximum Gasteiger partial charge on any atom is 0.410 e. The molecule has 1 fully saturated rings. The van der Waals surface area contributed by atoms with E-state index in [1.807, 2.05) is 48.5 Å². The average molecular weight is 426 g/mol. The molecule has 0 N–H and O–H groups in total. The van der Waals surface area contributed by atoms with Gasteiger partial charge in [-0.3, -0.25) is 0 Å². The van der Waals surface area contributed by atoms with E-state index in [9.17, 15) is 9.00 Å². The van der Waals surface area contributed by atoms with E-state index in [-0.39, 0.29) is 11.5 Å². The molecule has 1 amide bonds. The molecule has 1 aliphatic heterocycles. The number of rotatable bonds is 1. The predicted molar refractivity (Wildman–Crippen MR) is 114 cm³/mol. The van der Waals surface area contributed by atoms with Gasteiger partial charge in [0, 0.05) is 23.4 Å². The fourth-order valence-electron chi connectivity index (χ4n) is 3.63. The lowest BCUT2D eigenvalue weighted by Crippen LogP contribution is -2.47. The second kappa shape index (κ2) is 7.20. The van der Waals surface area contributed by atoms with Crippen molar-refractivity contribution in [3.05, 3.63) is 15.6 Å². The molecule has 6 nitrogen and oxygen atoms in total. The van der Waals surface area contributed by atoms with E-state index in [1.54, 1.807) is 16.2 Å². The highest BCUT2D eigenvalue weighted by atomic mass is 32.2. The fraction of sp³-hybridized carbons (Fsp3) is 0.750. The minimum Gasteiger partial charge on any atom is -0.444 e. The van der Waals surface area contributed by atoms with Crippen LogP contribution in [0.5, 0.6) is 0 Å². The van der Waals surface area contributed by atoms with Gasteiger partial charge in [-0.1, -0.05) is 0 Å². The lowest BCUT2D eigenvalue weighted by Gasteiger charge is -2.39. The highest BCUT2D eigenvalue weighted by molar-refractivity contribution is 7.85. The van der Waals surface area contributed by atoms with Crippen molar-refractivity contribution in [2.45, 2.75) is 78.1 Å². The molecule has 1 aliphatic carbocycles. The Morgan fingerprint density at radius 3 is 2.36 bits per heavy atom. The van der Waals surface area contributed by atoms with Crippen molar-refractivity contribution >= 4 is 34.1 Å². The summed E-state index contributed by atoms with van der Waals surface area (Å²) < 4.78 is 22.6. The van der Waals surface area contributed by atoms with Crippen LogP contribution in [0.1, 0.15) is 70.0 Å². The monoisotopic (exact) mass is 425 g/mol. The van der Waals surface area contributed by atoms with Gasteiger partial charge in [0.25, 0.3) is 0 Å². The molecule has 0 bridgehead atoms. The van der Waals surface area contributed by atoms with Gasteiger partial charge in [0.2, 0.25) is 0 Å². The van der Waals surface area contributed by atoms with Crippen LogP contribution in [-0.4, -0.2) is 49.3 Å². The lowest BCUT2D eigenvalue weighted by molar-refractivity contribution is 0.0159. The zero-order valence-corrected chi connectivity index (χ0v) is 19.6. The van der Waals surface area contributed by atoms with Crippen LogP contribution in [-0.2, 0) is 22.1 Å². The zero-order valence-electron chi connectivity index (χ0n) is 17.9. The van der Waals surface area contributed by atoms with Crippen molar-refractivity contribution in [1.82, 2.24) is 9.88 Å². The quantitative estimate of drug-likeness (QED) is 0.673. The third-order valence-electron chi connectivity index (χ3n) is 5.10. The van der Waals surface area contributed by atoms with Crippen LogP contribution < -0.4 is 0 Å². The molecule has 1 saturated heterocycles. The van der Waals surface area contributed by atoms with Crippen LogP contribution in [0.4, 0.5) is 4.79 Å². The molecule has 8 heteroatoms. The number of likely N-dealkylation sites (tertiary alicyclic amines) is 1. The number of piperidine rings is 1. The Morgan fingerprint density at radius 2 is 1.82 bits per heavy atom. The van der Waals surface area contributed by atoms with Crippen molar-refractivity contribution in [2.24, 2.45) is 9.81 Å². The fourth-order valence-corrected chi connectivity index (χ4v) is 5.43. The molecule has 2 heterocycles. The van der Waals surface area contributed by atoms with Crippen molar-refractivity contribution < 1.29 is 13.7 Å². The molecular weight excluding hydrogens is 394 g/mol. The predicted octanol–water partition coefficient (Wildman–Crippen LogP) is 4.28. The normalized spacial score (nSPS) is 21.8. The number of hydrogen-bond donors (Lipinski definition) is 0. The third kappa shape index (κ3) is 4.32. The standard InChI is InChI=1S/C20H31N3O3S2/c1-13-21-15-14(27-13)12-20(16(15)22-28(25)19(5,6)7)8-10-23(11-9-20)17(24)26-18(2,3)4/h8-12H2,1-7H3/b22-16+. The topological polar surface area (TPSA) is 71.9 Å². The van der Waals surface area contributed by atoms with Crippen LogP contribution >= 0.6 is 11.3 Å². The molecule has 0 aromatic carbocycles. The molecule has 2 aliphatic rings. The van der Waals surface area contributed by atoms with Gasteiger partial charge in [-0.05, 0) is 67.7 Å². The maximum atomic E-state index is 12.8. The number of aryl methyl sites for hydroxylation is 1. The number of ether oxygens (including phenoxy) is 1. The number of nitrogens with zero attached hydrogens (tertiary/aromatic N) is 3. The van der Waals surface area contributed by atoms with Crippen molar-refractivity contribution in [2.75, 3.05) is 13.1 Å². The molecule has 0 radical (unpaired) electrons. The largest absolute Gasteiger partial charge is 0.444 e. The van der Waals surface area contributed by atoms with Crippen molar-refractivity contribution in [1.29, 1.82) is 0 Å². The van der Waals surface area contributed by atoms with Gasteiger partial charge in [-0.25, -0.2) is 14.0 Å². The minimum atomic E-state index is -1.34. The summed E-state index contributed by atoms with van der Waals surface area (Å²) in [5.41, 5.74) is 1.12. The second-order valence-corrected chi connectivity index (χ2v) is 12.9. The number of fused-ring (bicyclic) bond motifs is 1. The molecule has 3 rings (SSSR count). The Morgan fingerprint density at radius 1 is 1.21 bits per heavy atom. The van der Waals surface area contributed by atoms with E-state index in [0.717, 1.165) is 35.7 Å². The molecule has 1 spiro atoms. The highest BCUT2D eigenvalue weighted by Gasteiger charge is 2.48. The van der Waals surface area contributed by atoms with Crippen LogP contribution in [0.25, 0.3) is 0 Å². The smallest absolute Gasteiger partial charge is 0.410 e. The number of thiazole rings is 1. The number of amides is 1. The summed E-state index contributed by atoms with van der Waals surface area (Å²) in [6, 6.07) is 0. The molecule has 1 atom stereocenters. The Kier molecular flexibility index (Phi) is 5.51. The van der Waals surface area contributed by atoms with Gasteiger partial charge in [0.15, 0.2) is 0 Å². The van der Waals surface area contributed by atoms with Gasteiger partial charge in [-0.2, -0.15) is 4.40 Å². The van der Waals surface area contributed by atoms with E-state index in [0.29, 0.717) is 13.1 Å². The van der Waals surface area contributed by atoms with Crippen molar-refractivity contribution in [3.63, 3.8) is 0 Å². The first kappa shape index (κ1) is 21.4. The first-order valence-electron chi connectivity index (χ1n) is 9.77. The maximum absolute atomic E-state index is 12.8. The van der Waals surface area contributed by atoms with Gasteiger partial charge in [0.05, 0.1) is 15.5 Å². The Bertz CT molecular complexity index is 823. The lowest BCUT2D eigenvalue weighted by atomic mass is 9.75. The van der Waals surface area contributed by atoms with Gasteiger partial charge in [0.1, 0.15) is 22.3 Å². The number of aromatic nitrogens is 1. The zero-order chi connectivity index (χ0) is 20.9. The average Bonchev–Trinajstić information content (AvgIpc) is 3.00. The minimum absolute atomic E-state index is 0.179. The summed E-state index contributed by atoms with van der Waals surface area (Å²) in [5, 5.41) is 1.01. The Labute approximate surface area is 174 Å². The van der Waals surface area contributed by atoms with Crippen LogP contribution in [0.2, 0.25) is 0 Å². The highest BCUT2D eigenvalue weighted by Crippen LogP contribution is 2.47. The van der Waals surface area contributed by atoms with Crippen LogP contribution in [0, 0.1) is 12.3 Å². The summed E-state index contributed by atoms with van der Waals surface area (Å²) in [7, 11) is -1.34. The second-order valence-electron chi connectivity index (χ2n) is 9.73. The molecular formula is C20H31N3O3S2. The summed E-state index contributed by atoms with van der Waals surface area (Å²) in [6.45, 7) is 14.7. The first-order valence-corrected chi connectivity index (χ1v) is 11.7. The van der Waals surface area contributed by atoms with E-state index >= 15 is 0 Å². The van der Waals surface area contributed by atoms with E-state index in [2.05, 4.69) is 0 Å². The molecule has 156 valence electrons. The third-order valence-corrected chi connectivity index (χ3v) is 7.47. The Hall–Kier alpha value is -1.28. The summed E-state index contributed by atoms with van der Waals surface area (Å²) in [4.78, 5) is 20.2. The van der Waals surface area contributed by atoms with E-state index < -0.39 is 21.3 Å². The van der Waals surface area contributed by atoms with Crippen LogP contribution in [0.3, 0.4) is 0 Å². The van der Waals surface area contributed by atoms with Gasteiger partial charge in [-0.15, -0.1) is 11.3 Å². The van der Waals surface area contributed by atoms with E-state index in [4.69, 9.17) is 14.1 Å². The van der Waals surface area contributed by atoms with Crippen LogP contribution in [0.15, 0.2) is 4.40 Å². The number of carbonyl (C=O) groups excluding carboxylic acids is 1. The Balaban J connectivity index is 1.85. The molecule has 1 unspecified atom stereocenters. The molecule has 1 aromatic heterocycles. The summed E-state index contributed by atoms with van der Waals surface area (Å²) in [5.74, 6) is 0. The summed E-state index contributed by atoms with van der Waals surface area (Å²) in [6.07, 6.45) is 2.18. The van der Waals surface area contributed by atoms with E-state index in [1.165, 1.54) is 4.88 Å². The van der Waals surface area contributed by atoms with Crippen molar-refractivity contribution in [3.8, 4) is 0 Å². The number of carbonyl (C=O) groups is 1. The van der Waals surface area contributed by atoms with Gasteiger partial charge < -0.3 is 9.64 Å². The van der Waals surface area contributed by atoms with Gasteiger partial charge >= 0.3 is 6.09 Å². The molecule has 28 heavy (non-hydrogen) atoms. The molecule has 0 saturated carbocycles. The first-order chi connectivity index (χ1) is 12.8. The number of hydrogen-bond acceptors (Lipinski definition) is 5.